The molecule has 0 atom stereocenters. The molecule has 0 unspecified atom stereocenters. The Morgan fingerprint density at radius 3 is 2.59 bits per heavy atom. The summed E-state index contributed by atoms with van der Waals surface area (Å²) in [5.41, 5.74) is 6.11. The van der Waals surface area contributed by atoms with Gasteiger partial charge in [-0.2, -0.15) is 0 Å². The van der Waals surface area contributed by atoms with Crippen LogP contribution >= 0.6 is 0 Å². The van der Waals surface area contributed by atoms with Gasteiger partial charge in [-0.25, -0.2) is 9.98 Å². The van der Waals surface area contributed by atoms with E-state index in [2.05, 4.69) is 53.0 Å². The highest BCUT2D eigenvalue weighted by Crippen LogP contribution is 2.30. The first kappa shape index (κ1) is 30.1. The summed E-state index contributed by atoms with van der Waals surface area (Å²) in [6, 6.07) is 7.51. The van der Waals surface area contributed by atoms with Gasteiger partial charge in [0, 0.05) is 35.2 Å². The second kappa shape index (κ2) is 15.9. The van der Waals surface area contributed by atoms with Crippen LogP contribution in [0.15, 0.2) is 150 Å². The fourth-order valence-electron chi connectivity index (χ4n) is 3.50. The summed E-state index contributed by atoms with van der Waals surface area (Å²) in [6.07, 6.45) is 21.3. The lowest BCUT2D eigenvalue weighted by atomic mass is 9.88. The molecule has 1 aliphatic rings. The summed E-state index contributed by atoms with van der Waals surface area (Å²) in [5, 5.41) is 5.60. The smallest absolute Gasteiger partial charge is 0.254 e. The number of hydrogen-bond donors (Lipinski definition) is 2. The van der Waals surface area contributed by atoms with Crippen molar-refractivity contribution in [2.45, 2.75) is 20.3 Å². The SMILES string of the molecule is C=C/C=C\C=C(/C)NC(=O)C(=C)/C=C\C(=C/C)C1=CCC(=NC=NC=C)C(c2cccc(NC(=O)C=C)c2)=C1. The van der Waals surface area contributed by atoms with Gasteiger partial charge in [0.2, 0.25) is 5.91 Å². The highest BCUT2D eigenvalue weighted by molar-refractivity contribution is 6.27. The van der Waals surface area contributed by atoms with Crippen LogP contribution in [0.25, 0.3) is 5.57 Å². The standard InChI is InChI=1S/C33H34N4O2/c1-7-11-12-14-25(6)36-33(39)24(5)17-18-26(8-2)27-19-20-31(35-23-34-10-4)30(22-27)28-15-13-16-29(21-28)37-32(38)9-3/h7-19,21-23H,1,3-5,20H2,2,6H3,(H,36,39)(H,37,38)/b12-11-,18-17-,25-14+,26-8+,34-23?,35-31?. The molecule has 1 aromatic carbocycles. The molecule has 0 aliphatic heterocycles. The molecule has 0 fully saturated rings. The monoisotopic (exact) mass is 518 g/mol. The number of aliphatic imine (C=N–C) groups is 2. The Labute approximate surface area is 231 Å². The number of nitrogens with one attached hydrogen (secondary N) is 2. The lowest BCUT2D eigenvalue weighted by Gasteiger charge is -2.18. The van der Waals surface area contributed by atoms with Crippen molar-refractivity contribution in [2.75, 3.05) is 5.32 Å². The molecule has 198 valence electrons. The predicted molar refractivity (Wildman–Crippen MR) is 165 cm³/mol. The highest BCUT2D eigenvalue weighted by atomic mass is 16.2. The number of anilines is 1. The zero-order valence-corrected chi connectivity index (χ0v) is 22.5. The molecule has 6 heteroatoms. The Morgan fingerprint density at radius 1 is 1.10 bits per heavy atom. The number of rotatable bonds is 12. The second-order valence-corrected chi connectivity index (χ2v) is 8.25. The van der Waals surface area contributed by atoms with E-state index in [4.69, 9.17) is 0 Å². The van der Waals surface area contributed by atoms with E-state index in [0.717, 1.165) is 28.0 Å². The quantitative estimate of drug-likeness (QED) is 0.136. The van der Waals surface area contributed by atoms with E-state index < -0.39 is 0 Å². The summed E-state index contributed by atoms with van der Waals surface area (Å²) < 4.78 is 0. The molecule has 0 saturated heterocycles. The molecule has 2 N–H and O–H groups in total. The molecular formula is C33H34N4O2. The maximum absolute atomic E-state index is 12.5. The highest BCUT2D eigenvalue weighted by Gasteiger charge is 2.16. The Bertz CT molecular complexity index is 1390. The third kappa shape index (κ3) is 9.70. The lowest BCUT2D eigenvalue weighted by molar-refractivity contribution is -0.116. The second-order valence-electron chi connectivity index (χ2n) is 8.25. The van der Waals surface area contributed by atoms with Gasteiger partial charge in [-0.1, -0.05) is 74.9 Å². The summed E-state index contributed by atoms with van der Waals surface area (Å²) >= 11 is 0. The normalized spacial score (nSPS) is 15.3. The fraction of sp³-hybridized carbons (Fsp3) is 0.0909. The first-order valence-corrected chi connectivity index (χ1v) is 12.3. The molecular weight excluding hydrogens is 484 g/mol. The van der Waals surface area contributed by atoms with Gasteiger partial charge in [0.25, 0.3) is 5.91 Å². The van der Waals surface area contributed by atoms with E-state index in [1.165, 1.54) is 18.6 Å². The number of benzene rings is 1. The fourth-order valence-corrected chi connectivity index (χ4v) is 3.50. The number of amides is 2. The number of allylic oxidation sites excluding steroid dienone is 12. The third-order valence-electron chi connectivity index (χ3n) is 5.44. The maximum Gasteiger partial charge on any atom is 0.254 e. The molecule has 0 spiro atoms. The van der Waals surface area contributed by atoms with Crippen LogP contribution in [0.1, 0.15) is 25.8 Å². The minimum absolute atomic E-state index is 0.286. The lowest BCUT2D eigenvalue weighted by Crippen LogP contribution is -2.21. The number of nitrogens with zero attached hydrogens (tertiary/aromatic N) is 2. The van der Waals surface area contributed by atoms with Gasteiger partial charge in [0.1, 0.15) is 6.34 Å². The number of carbonyl (C=O) groups excluding carboxylic acids is 2. The number of hydrogen-bond acceptors (Lipinski definition) is 3. The third-order valence-corrected chi connectivity index (χ3v) is 5.44. The first-order valence-electron chi connectivity index (χ1n) is 12.3. The molecule has 39 heavy (non-hydrogen) atoms. The average molecular weight is 519 g/mol. The van der Waals surface area contributed by atoms with E-state index in [1.54, 1.807) is 37.3 Å². The summed E-state index contributed by atoms with van der Waals surface area (Å²) in [4.78, 5) is 32.9. The largest absolute Gasteiger partial charge is 0.326 e. The van der Waals surface area contributed by atoms with Crippen molar-refractivity contribution in [1.29, 1.82) is 0 Å². The Hall–Kier alpha value is -5.10. The zero-order chi connectivity index (χ0) is 28.6. The van der Waals surface area contributed by atoms with E-state index in [0.29, 0.717) is 23.4 Å². The van der Waals surface area contributed by atoms with Crippen molar-refractivity contribution in [3.8, 4) is 0 Å². The topological polar surface area (TPSA) is 82.9 Å². The van der Waals surface area contributed by atoms with Crippen LogP contribution in [0.2, 0.25) is 0 Å². The van der Waals surface area contributed by atoms with E-state index in [9.17, 15) is 9.59 Å². The first-order chi connectivity index (χ1) is 18.8. The molecule has 0 bridgehead atoms. The van der Waals surface area contributed by atoms with Crippen molar-refractivity contribution >= 4 is 35.1 Å². The van der Waals surface area contributed by atoms with E-state index >= 15 is 0 Å². The van der Waals surface area contributed by atoms with E-state index in [-0.39, 0.29) is 11.8 Å². The zero-order valence-electron chi connectivity index (χ0n) is 22.5. The summed E-state index contributed by atoms with van der Waals surface area (Å²) in [7, 11) is 0. The van der Waals surface area contributed by atoms with Crippen molar-refractivity contribution in [1.82, 2.24) is 5.32 Å². The maximum atomic E-state index is 12.5. The summed E-state index contributed by atoms with van der Waals surface area (Å²) in [6.45, 7) is 18.4. The van der Waals surface area contributed by atoms with Crippen LogP contribution in [0.3, 0.4) is 0 Å². The van der Waals surface area contributed by atoms with Gasteiger partial charge >= 0.3 is 0 Å². The van der Waals surface area contributed by atoms with Crippen LogP contribution in [0.4, 0.5) is 5.69 Å². The van der Waals surface area contributed by atoms with Crippen LogP contribution in [0.5, 0.6) is 0 Å². The van der Waals surface area contributed by atoms with Crippen LogP contribution < -0.4 is 10.6 Å². The van der Waals surface area contributed by atoms with Crippen LogP contribution in [0, 0.1) is 0 Å². The molecule has 0 saturated carbocycles. The Kier molecular flexibility index (Phi) is 12.3. The molecule has 2 rings (SSSR count). The molecule has 0 heterocycles. The van der Waals surface area contributed by atoms with Gasteiger partial charge in [0.05, 0.1) is 5.71 Å². The van der Waals surface area contributed by atoms with Crippen LogP contribution in [-0.4, -0.2) is 23.9 Å². The van der Waals surface area contributed by atoms with Crippen LogP contribution in [-0.2, 0) is 9.59 Å². The molecule has 6 nitrogen and oxygen atoms in total. The summed E-state index contributed by atoms with van der Waals surface area (Å²) in [5.74, 6) is -0.576. The van der Waals surface area contributed by atoms with Gasteiger partial charge in [-0.3, -0.25) is 9.59 Å². The molecule has 1 aliphatic carbocycles. The molecule has 0 aromatic heterocycles. The van der Waals surface area contributed by atoms with Crippen molar-refractivity contribution in [2.24, 2.45) is 9.98 Å². The minimum atomic E-state index is -0.290. The Balaban J connectivity index is 2.35. The van der Waals surface area contributed by atoms with Crippen molar-refractivity contribution < 1.29 is 9.59 Å². The van der Waals surface area contributed by atoms with Gasteiger partial charge in [-0.05, 0) is 67.0 Å². The average Bonchev–Trinajstić information content (AvgIpc) is 2.94. The molecule has 1 aromatic rings. The van der Waals surface area contributed by atoms with Crippen molar-refractivity contribution in [3.63, 3.8) is 0 Å². The van der Waals surface area contributed by atoms with E-state index in [1.807, 2.05) is 49.4 Å². The number of carbonyl (C=O) groups is 2. The van der Waals surface area contributed by atoms with Crippen molar-refractivity contribution in [3.05, 3.63) is 146 Å². The molecule has 0 radical (unpaired) electrons. The predicted octanol–water partition coefficient (Wildman–Crippen LogP) is 6.96. The minimum Gasteiger partial charge on any atom is -0.326 e. The van der Waals surface area contributed by atoms with Gasteiger partial charge in [-0.15, -0.1) is 0 Å². The molecule has 2 amide bonds. The van der Waals surface area contributed by atoms with Gasteiger partial charge in [0.15, 0.2) is 0 Å². The Morgan fingerprint density at radius 2 is 1.90 bits per heavy atom. The van der Waals surface area contributed by atoms with Gasteiger partial charge < -0.3 is 10.6 Å².